The Morgan fingerprint density at radius 1 is 0.683 bits per heavy atom. The molecule has 2 aliphatic heterocycles. The number of hydrogen-bond acceptors (Lipinski definition) is 21. The number of halogens is 1. The Kier molecular flexibility index (Phi) is 35.0. The Morgan fingerprint density at radius 2 is 1.29 bits per heavy atom. The Balaban J connectivity index is 1.60. The predicted molar refractivity (Wildman–Crippen MR) is 383 cm³/mol. The zero-order valence-electron chi connectivity index (χ0n) is 58.3. The molecule has 572 valence electrons. The lowest BCUT2D eigenvalue weighted by Gasteiger charge is -2.31. The number of carboxylic acids is 1. The summed E-state index contributed by atoms with van der Waals surface area (Å²) in [4.78, 5) is 197. The molecular weight excluding hydrogens is 1420 g/mol. The van der Waals surface area contributed by atoms with Crippen molar-refractivity contribution in [2.45, 2.75) is 191 Å². The third-order valence-electron chi connectivity index (χ3n) is 17.4. The second kappa shape index (κ2) is 42.5. The number of nitrogens with zero attached hydrogens (tertiary/aromatic N) is 1. The molecule has 13 amide bonds. The number of aliphatic carboxylic acids is 1. The third kappa shape index (κ3) is 28.5. The van der Waals surface area contributed by atoms with Gasteiger partial charge in [-0.1, -0.05) is 104 Å². The van der Waals surface area contributed by atoms with Gasteiger partial charge < -0.3 is 101 Å². The number of aliphatic hydroxyl groups is 2. The fourth-order valence-corrected chi connectivity index (χ4v) is 14.0. The van der Waals surface area contributed by atoms with Gasteiger partial charge in [0.15, 0.2) is 0 Å². The average Bonchev–Trinajstić information content (AvgIpc) is 1.59. The van der Waals surface area contributed by atoms with Crippen molar-refractivity contribution in [1.82, 2.24) is 58.1 Å². The molecule has 33 nitrogen and oxygen atoms in total. The minimum Gasteiger partial charge on any atom is -0.508 e. The van der Waals surface area contributed by atoms with Crippen LogP contribution in [0.5, 0.6) is 11.5 Å². The van der Waals surface area contributed by atoms with Gasteiger partial charge in [0.1, 0.15) is 77.7 Å². The number of phenolic OH excluding ortho intramolecular Hbond substituents is 2. The van der Waals surface area contributed by atoms with E-state index in [1.54, 1.807) is 27.7 Å². The van der Waals surface area contributed by atoms with Crippen molar-refractivity contribution < 1.29 is 92.7 Å². The summed E-state index contributed by atoms with van der Waals surface area (Å²) >= 11 is 6.28. The van der Waals surface area contributed by atoms with Gasteiger partial charge in [-0.2, -0.15) is 0 Å². The number of aromatic hydroxyl groups is 2. The molecule has 0 saturated carbocycles. The first-order chi connectivity index (χ1) is 49.2. The number of carbonyl (C=O) groups is 14. The normalized spacial score (nSPS) is 21.7. The molecule has 2 aromatic rings. The summed E-state index contributed by atoms with van der Waals surface area (Å²) in [6.07, 6.45) is 0.314. The number of aliphatic hydroxyl groups excluding tert-OH is 2. The van der Waals surface area contributed by atoms with Crippen molar-refractivity contribution >= 4 is 116 Å². The monoisotopic (exact) mass is 1510 g/mol. The van der Waals surface area contributed by atoms with Gasteiger partial charge in [0.05, 0.1) is 17.7 Å². The van der Waals surface area contributed by atoms with Crippen molar-refractivity contribution in [3.8, 4) is 11.5 Å². The van der Waals surface area contributed by atoms with Crippen molar-refractivity contribution in [3.63, 3.8) is 0 Å². The quantitative estimate of drug-likeness (QED) is 0.0299. The average molecular weight is 1510 g/mol. The number of allylic oxidation sites excluding steroid dienone is 3. The minimum atomic E-state index is -1.77. The summed E-state index contributed by atoms with van der Waals surface area (Å²) in [5.74, 6) is -16.6. The standard InChI is InChI=1S/C68H97ClN14O19S2/c1-5-36(4)58(67(101)76-44(59(72)93)19-22-54(71)88)82-64(98)49(28-38-12-17-41(85)18-13-38)78-65(99)50-33-103-104-34-51(81-61(95)45(20-23-57(91)92)77-63(97)48(27-37-10-15-40(84)16-11-37)74-55(89)9-7-6-8-24-70)68(102)83-32-42(86)30-52(83)66(100)79-47(29-39-14-21-53(87)43(69)26-39)60(94)73-31-56(90)75-46(25-35(2)3)62(96)80-50/h10-13,15-18,21,26,35-36,39,42,44-52,58,84-87H,5-9,14,19-20,22-25,27-34,70H2,1-4H3,(H2,71,88)(H2,72,93)(H,73,94)(H,74,89)(H,75,90)(H,76,101)(H,77,97)(H,78,99)(H,79,100)(H,80,96)(H,81,95)(H,82,98)(H,91,92)/t36?,39?,42?,44?,45-,46?,47+,48+,49+,50+,51+,52+,58+/m1/s1. The van der Waals surface area contributed by atoms with E-state index in [4.69, 9.17) is 28.8 Å². The molecule has 0 aromatic heterocycles. The Morgan fingerprint density at radius 3 is 1.88 bits per heavy atom. The second-order valence-electron chi connectivity index (χ2n) is 26.3. The third-order valence-corrected chi connectivity index (χ3v) is 20.2. The van der Waals surface area contributed by atoms with Crippen LogP contribution in [0.3, 0.4) is 0 Å². The van der Waals surface area contributed by atoms with Gasteiger partial charge in [-0.05, 0) is 111 Å². The SMILES string of the molecule is CCC(C)[C@H](NC(=O)[C@H](Cc1ccc(O)cc1)NC(=O)[C@@H]1CSSC[C@H](NC(=O)[C@@H](CCC(=O)O)NC(=O)[C@H](Cc2ccc(O)cc2)NC(=O)CCCCCN)C(=O)N2CC(O)C[C@H]2C(=O)N[C@@H](CC2C=C(Cl)C(O)=CC2)C(=O)NCC(=O)NC(CC(C)C)C(=O)N1)C(=O)NC(CCC(N)=O)C(N)=O. The Labute approximate surface area is 614 Å². The highest BCUT2D eigenvalue weighted by Crippen LogP contribution is 2.30. The highest BCUT2D eigenvalue weighted by molar-refractivity contribution is 8.76. The first-order valence-electron chi connectivity index (χ1n) is 34.3. The molecule has 104 heavy (non-hydrogen) atoms. The summed E-state index contributed by atoms with van der Waals surface area (Å²) in [7, 11) is 1.64. The zero-order valence-corrected chi connectivity index (χ0v) is 60.7. The lowest BCUT2D eigenvalue weighted by atomic mass is 9.92. The van der Waals surface area contributed by atoms with E-state index in [0.717, 1.165) is 26.5 Å². The molecule has 2 aromatic carbocycles. The largest absolute Gasteiger partial charge is 0.508 e. The van der Waals surface area contributed by atoms with Crippen LogP contribution >= 0.6 is 33.2 Å². The number of hydrogen-bond donors (Lipinski definition) is 18. The molecule has 0 radical (unpaired) electrons. The van der Waals surface area contributed by atoms with Crippen molar-refractivity contribution in [3.05, 3.63) is 82.6 Å². The topological polar surface area (TPSA) is 542 Å². The molecule has 1 aliphatic carbocycles. The molecule has 2 saturated heterocycles. The van der Waals surface area contributed by atoms with E-state index in [9.17, 15) is 83.1 Å². The highest BCUT2D eigenvalue weighted by Gasteiger charge is 2.44. The van der Waals surface area contributed by atoms with Gasteiger partial charge in [-0.3, -0.25) is 67.1 Å². The second-order valence-corrected chi connectivity index (χ2v) is 29.3. The number of carboxylic acid groups (broad SMARTS) is 1. The number of rotatable bonds is 33. The predicted octanol–water partition coefficient (Wildman–Crippen LogP) is -1.08. The number of nitrogens with two attached hydrogens (primary N) is 3. The van der Waals surface area contributed by atoms with E-state index in [1.165, 1.54) is 60.7 Å². The number of nitrogens with one attached hydrogen (secondary N) is 10. The molecule has 13 atom stereocenters. The molecule has 0 bridgehead atoms. The molecular formula is C68H97ClN14O19S2. The van der Waals surface area contributed by atoms with Gasteiger partial charge in [0, 0.05) is 56.6 Å². The maximum Gasteiger partial charge on any atom is 0.303 e. The van der Waals surface area contributed by atoms with E-state index in [1.807, 2.05) is 0 Å². The van der Waals surface area contributed by atoms with E-state index in [0.29, 0.717) is 36.9 Å². The fourth-order valence-electron chi connectivity index (χ4n) is 11.5. The van der Waals surface area contributed by atoms with Crippen LogP contribution in [-0.4, -0.2) is 211 Å². The molecule has 5 rings (SSSR count). The summed E-state index contributed by atoms with van der Waals surface area (Å²) in [5.41, 5.74) is 17.3. The summed E-state index contributed by atoms with van der Waals surface area (Å²) in [6, 6.07) is -4.38. The molecule has 2 fully saturated rings. The van der Waals surface area contributed by atoms with Crippen LogP contribution in [0.1, 0.15) is 122 Å². The number of unbranched alkanes of at least 4 members (excludes halogenated alkanes) is 2. The molecule has 21 N–H and O–H groups in total. The van der Waals surface area contributed by atoms with Crippen LogP contribution in [0.2, 0.25) is 0 Å². The van der Waals surface area contributed by atoms with Crippen molar-refractivity contribution in [2.75, 3.05) is 31.1 Å². The summed E-state index contributed by atoms with van der Waals surface area (Å²) in [5, 5.41) is 77.5. The zero-order chi connectivity index (χ0) is 76.9. The molecule has 3 aliphatic rings. The lowest BCUT2D eigenvalue weighted by Crippen LogP contribution is -2.61. The van der Waals surface area contributed by atoms with E-state index in [-0.39, 0.29) is 86.0 Å². The number of benzene rings is 2. The molecule has 2 heterocycles. The van der Waals surface area contributed by atoms with Crippen LogP contribution in [0.4, 0.5) is 0 Å². The number of amides is 13. The van der Waals surface area contributed by atoms with Gasteiger partial charge >= 0.3 is 5.97 Å². The fraction of sp³-hybridized carbons (Fsp3) is 0.559. The van der Waals surface area contributed by atoms with Gasteiger partial charge in [0.25, 0.3) is 0 Å². The van der Waals surface area contributed by atoms with Gasteiger partial charge in [-0.15, -0.1) is 0 Å². The van der Waals surface area contributed by atoms with Crippen LogP contribution < -0.4 is 70.4 Å². The summed E-state index contributed by atoms with van der Waals surface area (Å²) < 4.78 is 0. The first kappa shape index (κ1) is 85.5. The Hall–Kier alpha value is -9.19. The Bertz CT molecular complexity index is 3440. The molecule has 5 unspecified atom stereocenters. The number of carbonyl (C=O) groups excluding carboxylic acids is 13. The number of phenols is 2. The maximum atomic E-state index is 15.3. The highest BCUT2D eigenvalue weighted by atomic mass is 35.5. The van der Waals surface area contributed by atoms with Crippen LogP contribution in [0.15, 0.2) is 71.5 Å². The lowest BCUT2D eigenvalue weighted by molar-refractivity contribution is -0.142. The van der Waals surface area contributed by atoms with E-state index >= 15 is 9.59 Å². The molecule has 36 heteroatoms. The number of primary amides is 2. The van der Waals surface area contributed by atoms with Crippen LogP contribution in [0.25, 0.3) is 0 Å². The van der Waals surface area contributed by atoms with Crippen LogP contribution in [0, 0.1) is 17.8 Å². The molecule has 0 spiro atoms. The smallest absolute Gasteiger partial charge is 0.303 e. The van der Waals surface area contributed by atoms with Crippen LogP contribution in [-0.2, 0) is 80.0 Å². The van der Waals surface area contributed by atoms with E-state index < -0.39 is 205 Å². The summed E-state index contributed by atoms with van der Waals surface area (Å²) in [6.45, 7) is 5.82. The first-order valence-corrected chi connectivity index (χ1v) is 37.2. The van der Waals surface area contributed by atoms with Gasteiger partial charge in [0.2, 0.25) is 76.8 Å². The number of fused-ring (bicyclic) bond motifs is 1. The minimum absolute atomic E-state index is 0.0192. The van der Waals surface area contributed by atoms with Crippen molar-refractivity contribution in [2.24, 2.45) is 35.0 Å². The van der Waals surface area contributed by atoms with Gasteiger partial charge in [-0.25, -0.2) is 0 Å². The maximum absolute atomic E-state index is 15.3. The van der Waals surface area contributed by atoms with Crippen molar-refractivity contribution in [1.29, 1.82) is 0 Å². The van der Waals surface area contributed by atoms with E-state index in [2.05, 4.69) is 53.2 Å².